The van der Waals surface area contributed by atoms with Gasteiger partial charge in [-0.05, 0) is 58.9 Å². The molecule has 1 aromatic heterocycles. The average molecular weight is 204 g/mol. The maximum absolute atomic E-state index is 4.42. The van der Waals surface area contributed by atoms with Crippen LogP contribution in [0.4, 0.5) is 0 Å². The van der Waals surface area contributed by atoms with Crippen molar-refractivity contribution in [2.24, 2.45) is 0 Å². The molecule has 1 aliphatic rings. The fourth-order valence-electron chi connectivity index (χ4n) is 2.61. The predicted octanol–water partition coefficient (Wildman–Crippen LogP) is 2.81. The fourth-order valence-corrected chi connectivity index (χ4v) is 2.61. The van der Waals surface area contributed by atoms with Crippen LogP contribution in [0.15, 0.2) is 12.3 Å². The Balaban J connectivity index is 2.71. The molecule has 0 amide bonds. The Hall–Kier alpha value is -0.890. The van der Waals surface area contributed by atoms with E-state index in [1.165, 1.54) is 11.1 Å². The van der Waals surface area contributed by atoms with Gasteiger partial charge in [0.25, 0.3) is 0 Å². The maximum Gasteiger partial charge on any atom is 0.0428 e. The minimum absolute atomic E-state index is 0.0829. The van der Waals surface area contributed by atoms with E-state index < -0.39 is 0 Å². The quantitative estimate of drug-likeness (QED) is 0.646. The molecule has 82 valence electrons. The monoisotopic (exact) mass is 204 g/mol. The topological polar surface area (TPSA) is 16.1 Å². The number of hydrogen-bond donors (Lipinski definition) is 0. The van der Waals surface area contributed by atoms with E-state index in [-0.39, 0.29) is 11.1 Å². The summed E-state index contributed by atoms with van der Waals surface area (Å²) in [6.07, 6.45) is 2.04. The van der Waals surface area contributed by atoms with E-state index in [9.17, 15) is 0 Å². The van der Waals surface area contributed by atoms with Gasteiger partial charge in [-0.15, -0.1) is 0 Å². The fraction of sp³-hybridized carbons (Fsp3) is 0.615. The van der Waals surface area contributed by atoms with Gasteiger partial charge in [-0.1, -0.05) is 0 Å². The van der Waals surface area contributed by atoms with Gasteiger partial charge in [0.15, 0.2) is 0 Å². The molecule has 0 aromatic carbocycles. The highest BCUT2D eigenvalue weighted by atomic mass is 15.2. The van der Waals surface area contributed by atoms with Crippen LogP contribution in [0.5, 0.6) is 0 Å². The third-order valence-corrected chi connectivity index (χ3v) is 4.04. The molecule has 0 N–H and O–H groups in total. The van der Waals surface area contributed by atoms with Gasteiger partial charge in [0.05, 0.1) is 0 Å². The number of aryl methyl sites for hydroxylation is 1. The van der Waals surface area contributed by atoms with Crippen LogP contribution in [-0.4, -0.2) is 16.9 Å². The van der Waals surface area contributed by atoms with E-state index in [1.54, 1.807) is 0 Å². The molecule has 1 aromatic rings. The summed E-state index contributed by atoms with van der Waals surface area (Å²) in [6.45, 7) is 11.1. The molecule has 0 saturated heterocycles. The molecule has 15 heavy (non-hydrogen) atoms. The van der Waals surface area contributed by atoms with Gasteiger partial charge >= 0.3 is 0 Å². The molecular formula is C13H20N2. The molecule has 0 bridgehead atoms. The maximum atomic E-state index is 4.42. The van der Waals surface area contributed by atoms with Crippen molar-refractivity contribution in [2.75, 3.05) is 7.05 Å². The van der Waals surface area contributed by atoms with Gasteiger partial charge in [-0.3, -0.25) is 9.88 Å². The second-order valence-electron chi connectivity index (χ2n) is 5.55. The van der Waals surface area contributed by atoms with E-state index in [4.69, 9.17) is 0 Å². The summed E-state index contributed by atoms with van der Waals surface area (Å²) in [4.78, 5) is 6.84. The van der Waals surface area contributed by atoms with Crippen LogP contribution >= 0.6 is 0 Å². The zero-order valence-corrected chi connectivity index (χ0v) is 10.5. The summed E-state index contributed by atoms with van der Waals surface area (Å²) in [6, 6.07) is 2.22. The highest BCUT2D eigenvalue weighted by Crippen LogP contribution is 2.47. The molecule has 0 radical (unpaired) electrons. The molecule has 0 atom stereocenters. The Bertz CT molecular complexity index is 405. The number of rotatable bonds is 0. The lowest BCUT2D eigenvalue weighted by Gasteiger charge is -2.37. The SMILES string of the molecule is Cc1cc2c(cn1)C(C)(C)N(C)C2(C)C. The smallest absolute Gasteiger partial charge is 0.0428 e. The van der Waals surface area contributed by atoms with Crippen molar-refractivity contribution >= 4 is 0 Å². The van der Waals surface area contributed by atoms with Crippen molar-refractivity contribution in [3.05, 3.63) is 29.1 Å². The van der Waals surface area contributed by atoms with Crippen LogP contribution < -0.4 is 0 Å². The number of hydrogen-bond acceptors (Lipinski definition) is 2. The van der Waals surface area contributed by atoms with Crippen LogP contribution in [0.3, 0.4) is 0 Å². The summed E-state index contributed by atoms with van der Waals surface area (Å²) in [5.74, 6) is 0. The first-order valence-corrected chi connectivity index (χ1v) is 5.49. The molecule has 0 spiro atoms. The number of pyridine rings is 1. The van der Waals surface area contributed by atoms with Crippen LogP contribution in [-0.2, 0) is 11.1 Å². The lowest BCUT2D eigenvalue weighted by atomic mass is 9.92. The number of nitrogens with zero attached hydrogens (tertiary/aromatic N) is 2. The van der Waals surface area contributed by atoms with Crippen LogP contribution in [0.25, 0.3) is 0 Å². The summed E-state index contributed by atoms with van der Waals surface area (Å²) in [5.41, 5.74) is 4.07. The molecule has 2 nitrogen and oxygen atoms in total. The van der Waals surface area contributed by atoms with Gasteiger partial charge in [0, 0.05) is 23.0 Å². The summed E-state index contributed by atoms with van der Waals surface area (Å²) >= 11 is 0. The summed E-state index contributed by atoms with van der Waals surface area (Å²) in [7, 11) is 2.19. The average Bonchev–Trinajstić information content (AvgIpc) is 2.26. The van der Waals surface area contributed by atoms with Gasteiger partial charge in [0.2, 0.25) is 0 Å². The lowest BCUT2D eigenvalue weighted by molar-refractivity contribution is 0.0730. The van der Waals surface area contributed by atoms with Crippen LogP contribution in [0.2, 0.25) is 0 Å². The minimum atomic E-state index is 0.0829. The van der Waals surface area contributed by atoms with Gasteiger partial charge in [-0.25, -0.2) is 0 Å². The molecule has 1 aliphatic heterocycles. The van der Waals surface area contributed by atoms with Crippen LogP contribution in [0, 0.1) is 6.92 Å². The van der Waals surface area contributed by atoms with Crippen molar-refractivity contribution in [2.45, 2.75) is 45.7 Å². The highest BCUT2D eigenvalue weighted by Gasteiger charge is 2.46. The van der Waals surface area contributed by atoms with E-state index in [2.05, 4.69) is 57.6 Å². The number of aromatic nitrogens is 1. The van der Waals surface area contributed by atoms with Crippen molar-refractivity contribution < 1.29 is 0 Å². The van der Waals surface area contributed by atoms with Crippen molar-refractivity contribution in [3.8, 4) is 0 Å². The second-order valence-corrected chi connectivity index (χ2v) is 5.55. The van der Waals surface area contributed by atoms with Gasteiger partial charge in [-0.2, -0.15) is 0 Å². The van der Waals surface area contributed by atoms with E-state index >= 15 is 0 Å². The molecule has 0 aliphatic carbocycles. The van der Waals surface area contributed by atoms with Crippen LogP contribution in [0.1, 0.15) is 44.5 Å². The number of fused-ring (bicyclic) bond motifs is 1. The molecule has 0 unspecified atom stereocenters. The molecule has 2 heteroatoms. The third-order valence-electron chi connectivity index (χ3n) is 4.04. The Morgan fingerprint density at radius 1 is 1.07 bits per heavy atom. The zero-order valence-electron chi connectivity index (χ0n) is 10.5. The van der Waals surface area contributed by atoms with E-state index in [0.717, 1.165) is 5.69 Å². The standard InChI is InChI=1S/C13H20N2/c1-9-7-10-11(8-14-9)13(4,5)15(6)12(10,2)3/h7-8H,1-6H3. The van der Waals surface area contributed by atoms with Gasteiger partial charge in [0.1, 0.15) is 0 Å². The Labute approximate surface area is 92.3 Å². The summed E-state index contributed by atoms with van der Waals surface area (Å²) < 4.78 is 0. The summed E-state index contributed by atoms with van der Waals surface area (Å²) in [5, 5.41) is 0. The first-order chi connectivity index (χ1) is 6.78. The Morgan fingerprint density at radius 3 is 2.20 bits per heavy atom. The Kier molecular flexibility index (Phi) is 2.00. The largest absolute Gasteiger partial charge is 0.288 e. The van der Waals surface area contributed by atoms with Gasteiger partial charge < -0.3 is 0 Å². The molecule has 0 saturated carbocycles. The van der Waals surface area contributed by atoms with Crippen molar-refractivity contribution in [1.29, 1.82) is 0 Å². The van der Waals surface area contributed by atoms with Crippen molar-refractivity contribution in [1.82, 2.24) is 9.88 Å². The van der Waals surface area contributed by atoms with E-state index in [1.807, 2.05) is 6.20 Å². The minimum Gasteiger partial charge on any atom is -0.288 e. The third kappa shape index (κ3) is 1.24. The van der Waals surface area contributed by atoms with Crippen molar-refractivity contribution in [3.63, 3.8) is 0 Å². The molecule has 2 heterocycles. The molecular weight excluding hydrogens is 184 g/mol. The second kappa shape index (κ2) is 2.82. The first kappa shape index (κ1) is 10.6. The first-order valence-electron chi connectivity index (χ1n) is 5.49. The zero-order chi connectivity index (χ0) is 11.4. The normalized spacial score (nSPS) is 22.8. The predicted molar refractivity (Wildman–Crippen MR) is 62.8 cm³/mol. The lowest BCUT2D eigenvalue weighted by Crippen LogP contribution is -2.42. The molecule has 0 fully saturated rings. The highest BCUT2D eigenvalue weighted by molar-refractivity contribution is 5.42. The molecule has 2 rings (SSSR count). The van der Waals surface area contributed by atoms with E-state index in [0.29, 0.717) is 0 Å². The Morgan fingerprint density at radius 2 is 1.60 bits per heavy atom.